The van der Waals surface area contributed by atoms with E-state index in [-0.39, 0.29) is 11.9 Å². The number of nitrogens with zero attached hydrogens (tertiary/aromatic N) is 4. The van der Waals surface area contributed by atoms with E-state index in [2.05, 4.69) is 19.9 Å². The zero-order valence-corrected chi connectivity index (χ0v) is 13.3. The third-order valence-corrected chi connectivity index (χ3v) is 3.11. The third-order valence-electron chi connectivity index (χ3n) is 2.58. The molecule has 118 valence electrons. The second-order valence-electron chi connectivity index (χ2n) is 4.28. The molecule has 0 radical (unpaired) electrons. The number of anilines is 3. The first-order valence-electron chi connectivity index (χ1n) is 6.33. The molecule has 3 aromatic rings. The van der Waals surface area contributed by atoms with Crippen LogP contribution in [0.15, 0.2) is 42.7 Å². The van der Waals surface area contributed by atoms with Gasteiger partial charge >= 0.3 is 0 Å². The summed E-state index contributed by atoms with van der Waals surface area (Å²) in [6, 6.07) is 8.56. The van der Waals surface area contributed by atoms with Crippen molar-refractivity contribution in [1.29, 1.82) is 0 Å². The first kappa shape index (κ1) is 16.7. The van der Waals surface area contributed by atoms with Gasteiger partial charge in [-0.25, -0.2) is 19.9 Å². The van der Waals surface area contributed by atoms with Crippen LogP contribution in [0.3, 0.4) is 0 Å². The van der Waals surface area contributed by atoms with Gasteiger partial charge in [-0.3, -0.25) is 0 Å². The molecule has 7 nitrogen and oxygen atoms in total. The van der Waals surface area contributed by atoms with E-state index in [0.717, 1.165) is 5.56 Å². The number of rotatable bonds is 1. The number of benzene rings is 1. The Bertz CT molecular complexity index is 793. The van der Waals surface area contributed by atoms with Gasteiger partial charge in [0.1, 0.15) is 5.15 Å². The van der Waals surface area contributed by atoms with Gasteiger partial charge in [0.25, 0.3) is 0 Å². The monoisotopic (exact) mass is 349 g/mol. The van der Waals surface area contributed by atoms with E-state index in [1.54, 1.807) is 36.5 Å². The lowest BCUT2D eigenvalue weighted by molar-refractivity contribution is 1.19. The van der Waals surface area contributed by atoms with E-state index in [4.69, 9.17) is 40.4 Å². The van der Waals surface area contributed by atoms with Crippen LogP contribution in [0.25, 0.3) is 11.3 Å². The average Bonchev–Trinajstić information content (AvgIpc) is 2.47. The summed E-state index contributed by atoms with van der Waals surface area (Å²) in [6.45, 7) is 0. The number of nitrogens with two attached hydrogens (primary N) is 3. The molecule has 2 aromatic heterocycles. The van der Waals surface area contributed by atoms with Crippen molar-refractivity contribution in [3.8, 4) is 11.3 Å². The van der Waals surface area contributed by atoms with Crippen molar-refractivity contribution in [1.82, 2.24) is 19.9 Å². The van der Waals surface area contributed by atoms with Crippen molar-refractivity contribution < 1.29 is 0 Å². The molecule has 23 heavy (non-hydrogen) atoms. The van der Waals surface area contributed by atoms with Crippen LogP contribution >= 0.6 is 23.2 Å². The summed E-state index contributed by atoms with van der Waals surface area (Å²) in [5.41, 5.74) is 18.3. The molecule has 0 saturated heterocycles. The molecule has 0 spiro atoms. The number of nitrogen functional groups attached to an aromatic ring is 3. The molecule has 1 aromatic carbocycles. The summed E-state index contributed by atoms with van der Waals surface area (Å²) >= 11 is 11.4. The molecule has 3 rings (SSSR count). The second-order valence-corrected chi connectivity index (χ2v) is 5.07. The Morgan fingerprint density at radius 1 is 0.783 bits per heavy atom. The number of halogens is 2. The molecule has 0 aliphatic rings. The standard InChI is InChI=1S/C10H9ClN4.C4H4ClN3/c11-8-5-6(12)1-2-7(8)9-3-4-14-10(13)15-9;5-3-1-2-7-4(6)8-3/h1-5H,12H2,(H2,13,14,15);1-2H,(H2,6,7,8). The zero-order valence-electron chi connectivity index (χ0n) is 11.8. The first-order chi connectivity index (χ1) is 11.0. The van der Waals surface area contributed by atoms with E-state index < -0.39 is 0 Å². The fourth-order valence-electron chi connectivity index (χ4n) is 1.61. The molecular formula is C14H13Cl2N7. The molecule has 0 aliphatic heterocycles. The van der Waals surface area contributed by atoms with Gasteiger partial charge in [-0.2, -0.15) is 0 Å². The van der Waals surface area contributed by atoms with Crippen LogP contribution in [0.2, 0.25) is 10.2 Å². The quantitative estimate of drug-likeness (QED) is 0.454. The Morgan fingerprint density at radius 2 is 1.43 bits per heavy atom. The van der Waals surface area contributed by atoms with E-state index in [1.807, 2.05) is 0 Å². The average molecular weight is 350 g/mol. The van der Waals surface area contributed by atoms with Crippen molar-refractivity contribution >= 4 is 40.8 Å². The lowest BCUT2D eigenvalue weighted by atomic mass is 10.1. The minimum Gasteiger partial charge on any atom is -0.399 e. The van der Waals surface area contributed by atoms with Crippen LogP contribution in [-0.2, 0) is 0 Å². The molecule has 0 aliphatic carbocycles. The SMILES string of the molecule is Nc1ccc(-c2ccnc(N)n2)c(Cl)c1.Nc1nccc(Cl)n1. The van der Waals surface area contributed by atoms with Crippen LogP contribution in [-0.4, -0.2) is 19.9 Å². The van der Waals surface area contributed by atoms with Crippen molar-refractivity contribution in [3.05, 3.63) is 52.9 Å². The number of aromatic nitrogens is 4. The van der Waals surface area contributed by atoms with Crippen LogP contribution in [0, 0.1) is 0 Å². The van der Waals surface area contributed by atoms with Gasteiger partial charge in [-0.1, -0.05) is 23.2 Å². The summed E-state index contributed by atoms with van der Waals surface area (Å²) < 4.78 is 0. The summed E-state index contributed by atoms with van der Waals surface area (Å²) in [6.07, 6.45) is 3.09. The fourth-order valence-corrected chi connectivity index (χ4v) is 2.04. The van der Waals surface area contributed by atoms with Gasteiger partial charge in [-0.05, 0) is 30.3 Å². The van der Waals surface area contributed by atoms with E-state index in [9.17, 15) is 0 Å². The van der Waals surface area contributed by atoms with E-state index in [0.29, 0.717) is 21.6 Å². The Morgan fingerprint density at radius 3 is 1.96 bits per heavy atom. The van der Waals surface area contributed by atoms with Crippen LogP contribution < -0.4 is 17.2 Å². The van der Waals surface area contributed by atoms with Gasteiger partial charge in [-0.15, -0.1) is 0 Å². The highest BCUT2D eigenvalue weighted by molar-refractivity contribution is 6.33. The first-order valence-corrected chi connectivity index (χ1v) is 7.09. The molecule has 0 amide bonds. The van der Waals surface area contributed by atoms with Crippen molar-refractivity contribution in [2.45, 2.75) is 0 Å². The van der Waals surface area contributed by atoms with Gasteiger partial charge in [0.15, 0.2) is 0 Å². The third kappa shape index (κ3) is 4.94. The maximum Gasteiger partial charge on any atom is 0.221 e. The van der Waals surface area contributed by atoms with Gasteiger partial charge < -0.3 is 17.2 Å². The van der Waals surface area contributed by atoms with Crippen LogP contribution in [0.1, 0.15) is 0 Å². The molecule has 0 atom stereocenters. The fraction of sp³-hybridized carbons (Fsp3) is 0. The molecule has 9 heteroatoms. The summed E-state index contributed by atoms with van der Waals surface area (Å²) in [7, 11) is 0. The van der Waals surface area contributed by atoms with Crippen LogP contribution in [0.4, 0.5) is 17.6 Å². The smallest absolute Gasteiger partial charge is 0.221 e. The Labute approximate surface area is 142 Å². The summed E-state index contributed by atoms with van der Waals surface area (Å²) in [5.74, 6) is 0.429. The molecule has 0 unspecified atom stereocenters. The van der Waals surface area contributed by atoms with Crippen molar-refractivity contribution in [2.24, 2.45) is 0 Å². The highest BCUT2D eigenvalue weighted by Gasteiger charge is 2.05. The summed E-state index contributed by atoms with van der Waals surface area (Å²) in [4.78, 5) is 15.1. The molecule has 6 N–H and O–H groups in total. The molecule has 0 saturated carbocycles. The molecule has 0 bridgehead atoms. The zero-order chi connectivity index (χ0) is 16.8. The number of hydrogen-bond donors (Lipinski definition) is 3. The Kier molecular flexibility index (Phi) is 5.51. The predicted octanol–water partition coefficient (Wildman–Crippen LogP) is 2.67. The maximum atomic E-state index is 6.04. The largest absolute Gasteiger partial charge is 0.399 e. The Hall–Kier alpha value is -2.64. The predicted molar refractivity (Wildman–Crippen MR) is 92.8 cm³/mol. The van der Waals surface area contributed by atoms with E-state index in [1.165, 1.54) is 6.20 Å². The highest BCUT2D eigenvalue weighted by atomic mass is 35.5. The summed E-state index contributed by atoms with van der Waals surface area (Å²) in [5, 5.41) is 0.922. The second kappa shape index (κ2) is 7.57. The van der Waals surface area contributed by atoms with Gasteiger partial charge in [0, 0.05) is 23.6 Å². The van der Waals surface area contributed by atoms with Crippen molar-refractivity contribution in [3.63, 3.8) is 0 Å². The normalized spacial score (nSPS) is 9.83. The lowest BCUT2D eigenvalue weighted by Gasteiger charge is -2.04. The topological polar surface area (TPSA) is 130 Å². The van der Waals surface area contributed by atoms with Gasteiger partial charge in [0.05, 0.1) is 10.7 Å². The van der Waals surface area contributed by atoms with Crippen LogP contribution in [0.5, 0.6) is 0 Å². The molecular weight excluding hydrogens is 337 g/mol. The minimum atomic E-state index is 0.206. The van der Waals surface area contributed by atoms with Gasteiger partial charge in [0.2, 0.25) is 11.9 Å². The molecule has 0 fully saturated rings. The number of hydrogen-bond acceptors (Lipinski definition) is 7. The Balaban J connectivity index is 0.000000203. The lowest BCUT2D eigenvalue weighted by Crippen LogP contribution is -1.95. The van der Waals surface area contributed by atoms with E-state index >= 15 is 0 Å². The highest BCUT2D eigenvalue weighted by Crippen LogP contribution is 2.28. The minimum absolute atomic E-state index is 0.206. The van der Waals surface area contributed by atoms with Crippen molar-refractivity contribution in [2.75, 3.05) is 17.2 Å². The molecule has 2 heterocycles. The maximum absolute atomic E-state index is 6.04.